The molecule has 6 nitrogen and oxygen atoms in total. The van der Waals surface area contributed by atoms with Gasteiger partial charge in [0.25, 0.3) is 0 Å². The first-order chi connectivity index (χ1) is 24.6. The van der Waals surface area contributed by atoms with E-state index in [0.717, 1.165) is 48.3 Å². The lowest BCUT2D eigenvalue weighted by molar-refractivity contribution is 0.150. The third-order valence-electron chi connectivity index (χ3n) is 8.91. The maximum Gasteiger partial charge on any atom is 0.517 e. The number of hydrogen-bond acceptors (Lipinski definition) is 5. The summed E-state index contributed by atoms with van der Waals surface area (Å²) in [5, 5.41) is 10.4. The summed E-state index contributed by atoms with van der Waals surface area (Å²) in [5.41, 5.74) is 0. The lowest BCUT2D eigenvalue weighted by Gasteiger charge is -2.40. The van der Waals surface area contributed by atoms with Crippen molar-refractivity contribution in [1.29, 1.82) is 0 Å². The van der Waals surface area contributed by atoms with E-state index in [1.807, 2.05) is 72.8 Å². The summed E-state index contributed by atoms with van der Waals surface area (Å²) >= 11 is 0. The highest BCUT2D eigenvalue weighted by molar-refractivity contribution is 8.30. The van der Waals surface area contributed by atoms with E-state index in [2.05, 4.69) is 20.8 Å². The first-order valence-electron chi connectivity index (χ1n) is 19.5. The Morgan fingerprint density at radius 3 is 1.26 bits per heavy atom. The molecule has 0 spiro atoms. The zero-order valence-electron chi connectivity index (χ0n) is 31.2. The van der Waals surface area contributed by atoms with E-state index >= 15 is 0 Å². The molecule has 0 saturated heterocycles. The SMILES string of the molecule is CCCCCCCCOc1cc(OCCCCCCCC)c(S(OC(=O)O)(c2ccccc2)c2ccccc2)c(OCCCCCCCC)c1. The van der Waals surface area contributed by atoms with Crippen LogP contribution in [0.4, 0.5) is 4.79 Å². The van der Waals surface area contributed by atoms with Crippen molar-refractivity contribution in [1.82, 2.24) is 0 Å². The topological polar surface area (TPSA) is 74.2 Å². The molecule has 0 aliphatic heterocycles. The van der Waals surface area contributed by atoms with Crippen LogP contribution in [0, 0.1) is 0 Å². The lowest BCUT2D eigenvalue weighted by Crippen LogP contribution is -2.15. The number of hydrogen-bond donors (Lipinski definition) is 1. The summed E-state index contributed by atoms with van der Waals surface area (Å²) in [4.78, 5) is 14.9. The van der Waals surface area contributed by atoms with E-state index in [4.69, 9.17) is 18.4 Å². The Labute approximate surface area is 304 Å². The van der Waals surface area contributed by atoms with Crippen LogP contribution in [0.2, 0.25) is 0 Å². The molecular weight excluding hydrogens is 645 g/mol. The van der Waals surface area contributed by atoms with Gasteiger partial charge in [0.05, 0.1) is 19.8 Å². The molecule has 1 N–H and O–H groups in total. The van der Waals surface area contributed by atoms with Gasteiger partial charge >= 0.3 is 6.16 Å². The minimum Gasteiger partial charge on any atom is -0.493 e. The highest BCUT2D eigenvalue weighted by Gasteiger charge is 2.41. The molecule has 0 bridgehead atoms. The molecule has 50 heavy (non-hydrogen) atoms. The van der Waals surface area contributed by atoms with E-state index in [9.17, 15) is 9.90 Å². The number of unbranched alkanes of at least 4 members (excludes halogenated alkanes) is 15. The third kappa shape index (κ3) is 13.8. The van der Waals surface area contributed by atoms with Gasteiger partial charge in [0.1, 0.15) is 22.1 Å². The van der Waals surface area contributed by atoms with Crippen LogP contribution in [0.25, 0.3) is 0 Å². The molecule has 3 aromatic rings. The van der Waals surface area contributed by atoms with Gasteiger partial charge in [-0.2, -0.15) is 0 Å². The standard InChI is InChI=1S/C43H64O6S/c1-4-7-10-13-16-25-32-46-37-35-40(47-33-26-17-14-11-8-5-2)42(41(36-37)48-34-27-18-15-12-9-6-3)50(49-43(44)45,38-28-21-19-22-29-38)39-30-23-20-24-31-39/h19-24,28-31,35-36H,4-18,25-27,32-34H2,1-3H3,(H,44,45). The van der Waals surface area contributed by atoms with Crippen molar-refractivity contribution in [3.05, 3.63) is 72.8 Å². The van der Waals surface area contributed by atoms with Crippen molar-refractivity contribution < 1.29 is 28.3 Å². The molecule has 0 aromatic heterocycles. The molecule has 0 amide bonds. The van der Waals surface area contributed by atoms with Crippen LogP contribution in [-0.4, -0.2) is 31.1 Å². The predicted molar refractivity (Wildman–Crippen MR) is 207 cm³/mol. The molecule has 0 aliphatic rings. The van der Waals surface area contributed by atoms with Gasteiger partial charge in [-0.05, 0) is 43.5 Å². The Morgan fingerprint density at radius 1 is 0.520 bits per heavy atom. The highest BCUT2D eigenvalue weighted by Crippen LogP contribution is 2.73. The summed E-state index contributed by atoms with van der Waals surface area (Å²) in [7, 11) is -2.86. The quantitative estimate of drug-likeness (QED) is 0.0757. The maximum atomic E-state index is 12.8. The summed E-state index contributed by atoms with van der Waals surface area (Å²) in [6.45, 7) is 8.29. The van der Waals surface area contributed by atoms with E-state index in [1.54, 1.807) is 0 Å². The normalized spacial score (nSPS) is 11.7. The van der Waals surface area contributed by atoms with Crippen LogP contribution in [-0.2, 0) is 4.18 Å². The van der Waals surface area contributed by atoms with Gasteiger partial charge < -0.3 is 23.5 Å². The van der Waals surface area contributed by atoms with E-state index in [0.29, 0.717) is 42.0 Å². The Bertz CT molecular complexity index is 1240. The molecule has 0 heterocycles. The summed E-state index contributed by atoms with van der Waals surface area (Å²) in [6.07, 6.45) is 19.4. The van der Waals surface area contributed by atoms with Crippen molar-refractivity contribution in [2.75, 3.05) is 19.8 Å². The number of carboxylic acid groups (broad SMARTS) is 1. The molecule has 278 valence electrons. The summed E-state index contributed by atoms with van der Waals surface area (Å²) in [5.74, 6) is 1.78. The second-order valence-corrected chi connectivity index (χ2v) is 15.8. The summed E-state index contributed by atoms with van der Waals surface area (Å²) < 4.78 is 26.0. The maximum absolute atomic E-state index is 12.8. The van der Waals surface area contributed by atoms with Crippen LogP contribution in [0.15, 0.2) is 87.5 Å². The van der Waals surface area contributed by atoms with E-state index in [-0.39, 0.29) is 0 Å². The highest BCUT2D eigenvalue weighted by atomic mass is 32.3. The Balaban J connectivity index is 2.10. The Kier molecular flexibility index (Phi) is 20.4. The number of benzene rings is 3. The van der Waals surface area contributed by atoms with Crippen LogP contribution in [0.3, 0.4) is 0 Å². The molecule has 0 saturated carbocycles. The molecule has 3 aromatic carbocycles. The lowest BCUT2D eigenvalue weighted by atomic mass is 10.1. The predicted octanol–water partition coefficient (Wildman–Crippen LogP) is 13.8. The molecule has 3 rings (SSSR count). The zero-order valence-corrected chi connectivity index (χ0v) is 32.0. The van der Waals surface area contributed by atoms with Gasteiger partial charge in [-0.25, -0.2) is 4.79 Å². The Hall–Kier alpha value is -3.32. The fourth-order valence-electron chi connectivity index (χ4n) is 6.18. The van der Waals surface area contributed by atoms with Gasteiger partial charge in [0.2, 0.25) is 0 Å². The number of ether oxygens (including phenoxy) is 3. The summed E-state index contributed by atoms with van der Waals surface area (Å²) in [6, 6.07) is 23.2. The molecule has 7 heteroatoms. The molecule has 0 unspecified atom stereocenters. The van der Waals surface area contributed by atoms with Crippen molar-refractivity contribution >= 4 is 16.5 Å². The van der Waals surface area contributed by atoms with Gasteiger partial charge in [-0.15, -0.1) is 0 Å². The second kappa shape index (κ2) is 24.8. The van der Waals surface area contributed by atoms with Crippen LogP contribution in [0.5, 0.6) is 17.2 Å². The molecule has 0 atom stereocenters. The van der Waals surface area contributed by atoms with E-state index < -0.39 is 16.5 Å². The zero-order chi connectivity index (χ0) is 35.7. The van der Waals surface area contributed by atoms with Gasteiger partial charge in [-0.3, -0.25) is 0 Å². The molecule has 0 fully saturated rings. The van der Waals surface area contributed by atoms with E-state index in [1.165, 1.54) is 77.0 Å². The average molecular weight is 709 g/mol. The van der Waals surface area contributed by atoms with Crippen molar-refractivity contribution in [3.8, 4) is 17.2 Å². The van der Waals surface area contributed by atoms with Gasteiger partial charge in [0.15, 0.2) is 0 Å². The number of carbonyl (C=O) groups is 1. The Morgan fingerprint density at radius 2 is 0.880 bits per heavy atom. The van der Waals surface area contributed by atoms with Crippen molar-refractivity contribution in [2.45, 2.75) is 151 Å². The first kappa shape index (κ1) is 41.1. The fraction of sp³-hybridized carbons (Fsp3) is 0.558. The largest absolute Gasteiger partial charge is 0.517 e. The fourth-order valence-corrected chi connectivity index (χ4v) is 9.29. The van der Waals surface area contributed by atoms with Crippen molar-refractivity contribution in [2.24, 2.45) is 0 Å². The third-order valence-corrected chi connectivity index (χ3v) is 12.1. The first-order valence-corrected chi connectivity index (χ1v) is 21.0. The monoisotopic (exact) mass is 708 g/mol. The molecule has 0 radical (unpaired) electrons. The van der Waals surface area contributed by atoms with Gasteiger partial charge in [0, 0.05) is 32.2 Å². The average Bonchev–Trinajstić information content (AvgIpc) is 3.13. The second-order valence-electron chi connectivity index (χ2n) is 13.1. The van der Waals surface area contributed by atoms with Crippen molar-refractivity contribution in [3.63, 3.8) is 0 Å². The van der Waals surface area contributed by atoms with Crippen LogP contribution in [0.1, 0.15) is 136 Å². The van der Waals surface area contributed by atoms with Crippen LogP contribution < -0.4 is 14.2 Å². The minimum absolute atomic E-state index is 0.503. The van der Waals surface area contributed by atoms with Crippen LogP contribution >= 0.6 is 10.3 Å². The minimum atomic E-state index is -2.86. The smallest absolute Gasteiger partial charge is 0.493 e. The molecule has 0 aliphatic carbocycles. The number of rotatable bonds is 28. The molecular formula is C43H64O6S. The van der Waals surface area contributed by atoms with Gasteiger partial charge in [-0.1, -0.05) is 153 Å².